The van der Waals surface area contributed by atoms with Gasteiger partial charge in [-0.3, -0.25) is 0 Å². The number of nitrogens with zero attached hydrogens (tertiary/aromatic N) is 1. The minimum absolute atomic E-state index is 0.700. The average molecular weight is 172 g/mol. The van der Waals surface area contributed by atoms with E-state index in [1.54, 1.807) is 0 Å². The Morgan fingerprint density at radius 1 is 1.38 bits per heavy atom. The molecular formula is C11H12N2. The summed E-state index contributed by atoms with van der Waals surface area (Å²) >= 11 is 0. The van der Waals surface area contributed by atoms with Crippen molar-refractivity contribution in [1.82, 2.24) is 5.32 Å². The van der Waals surface area contributed by atoms with Crippen LogP contribution in [0, 0.1) is 11.3 Å². The first-order valence-corrected chi connectivity index (χ1v) is 4.18. The monoisotopic (exact) mass is 172 g/mol. The van der Waals surface area contributed by atoms with Gasteiger partial charge >= 0.3 is 0 Å². The maximum absolute atomic E-state index is 8.56. The van der Waals surface area contributed by atoms with E-state index in [1.807, 2.05) is 43.5 Å². The van der Waals surface area contributed by atoms with Crippen molar-refractivity contribution in [2.24, 2.45) is 0 Å². The van der Waals surface area contributed by atoms with Crippen LogP contribution >= 0.6 is 0 Å². The molecule has 0 aliphatic carbocycles. The highest BCUT2D eigenvalue weighted by Gasteiger charge is 1.88. The molecule has 0 amide bonds. The lowest BCUT2D eigenvalue weighted by Gasteiger charge is -1.93. The molecule has 0 bridgehead atoms. The fourth-order valence-corrected chi connectivity index (χ4v) is 0.982. The summed E-state index contributed by atoms with van der Waals surface area (Å²) in [6.07, 6.45) is 4.07. The molecule has 0 atom stereocenters. The summed E-state index contributed by atoms with van der Waals surface area (Å²) in [5.74, 6) is 0. The highest BCUT2D eigenvalue weighted by atomic mass is 14.8. The molecule has 0 heterocycles. The number of benzene rings is 1. The number of hydrogen-bond acceptors (Lipinski definition) is 2. The average Bonchev–Trinajstić information content (AvgIpc) is 2.19. The van der Waals surface area contributed by atoms with Gasteiger partial charge in [0.1, 0.15) is 0 Å². The van der Waals surface area contributed by atoms with Crippen LogP contribution in [0.2, 0.25) is 0 Å². The van der Waals surface area contributed by atoms with E-state index in [1.165, 1.54) is 0 Å². The highest BCUT2D eigenvalue weighted by molar-refractivity contribution is 5.50. The molecule has 0 saturated carbocycles. The smallest absolute Gasteiger partial charge is 0.0991 e. The first-order valence-electron chi connectivity index (χ1n) is 4.18. The zero-order valence-electron chi connectivity index (χ0n) is 7.62. The normalized spacial score (nSPS) is 10.2. The number of hydrogen-bond donors (Lipinski definition) is 1. The van der Waals surface area contributed by atoms with E-state index in [0.717, 1.165) is 12.1 Å². The highest BCUT2D eigenvalue weighted by Crippen LogP contribution is 2.04. The van der Waals surface area contributed by atoms with Crippen LogP contribution in [0.15, 0.2) is 30.3 Å². The van der Waals surface area contributed by atoms with Gasteiger partial charge in [-0.2, -0.15) is 5.26 Å². The van der Waals surface area contributed by atoms with E-state index < -0.39 is 0 Å². The van der Waals surface area contributed by atoms with E-state index in [9.17, 15) is 0 Å². The van der Waals surface area contributed by atoms with Crippen LogP contribution in [0.4, 0.5) is 0 Å². The van der Waals surface area contributed by atoms with Crippen molar-refractivity contribution < 1.29 is 0 Å². The molecule has 0 radical (unpaired) electrons. The van der Waals surface area contributed by atoms with Gasteiger partial charge in [0.2, 0.25) is 0 Å². The van der Waals surface area contributed by atoms with Gasteiger partial charge in [0.15, 0.2) is 0 Å². The van der Waals surface area contributed by atoms with Crippen molar-refractivity contribution in [2.45, 2.75) is 0 Å². The van der Waals surface area contributed by atoms with Crippen LogP contribution in [-0.4, -0.2) is 13.6 Å². The molecule has 1 aromatic rings. The maximum atomic E-state index is 8.56. The Hall–Kier alpha value is -1.59. The van der Waals surface area contributed by atoms with Gasteiger partial charge in [-0.1, -0.05) is 24.3 Å². The number of rotatable bonds is 3. The van der Waals surface area contributed by atoms with Crippen LogP contribution in [0.3, 0.4) is 0 Å². The predicted molar refractivity (Wildman–Crippen MR) is 54.1 cm³/mol. The van der Waals surface area contributed by atoms with Gasteiger partial charge in [0.25, 0.3) is 0 Å². The molecule has 2 heteroatoms. The lowest BCUT2D eigenvalue weighted by molar-refractivity contribution is 0.922. The molecule has 1 aromatic carbocycles. The van der Waals surface area contributed by atoms with Crippen LogP contribution in [0.5, 0.6) is 0 Å². The second-order valence-electron chi connectivity index (χ2n) is 2.69. The third-order valence-electron chi connectivity index (χ3n) is 1.67. The topological polar surface area (TPSA) is 35.8 Å². The van der Waals surface area contributed by atoms with Crippen molar-refractivity contribution >= 4 is 6.08 Å². The van der Waals surface area contributed by atoms with Crippen LogP contribution in [-0.2, 0) is 0 Å². The predicted octanol–water partition coefficient (Wildman–Crippen LogP) is 1.79. The Labute approximate surface area is 78.5 Å². The third kappa shape index (κ3) is 3.10. The van der Waals surface area contributed by atoms with Gasteiger partial charge in [-0.05, 0) is 24.7 Å². The Morgan fingerprint density at radius 3 is 2.62 bits per heavy atom. The summed E-state index contributed by atoms with van der Waals surface area (Å²) in [4.78, 5) is 0. The van der Waals surface area contributed by atoms with Gasteiger partial charge < -0.3 is 5.32 Å². The van der Waals surface area contributed by atoms with E-state index in [2.05, 4.69) is 11.4 Å². The maximum Gasteiger partial charge on any atom is 0.0991 e. The van der Waals surface area contributed by atoms with E-state index in [4.69, 9.17) is 5.26 Å². The van der Waals surface area contributed by atoms with Crippen molar-refractivity contribution in [3.05, 3.63) is 41.5 Å². The van der Waals surface area contributed by atoms with Gasteiger partial charge in [0.05, 0.1) is 11.6 Å². The number of nitriles is 1. The van der Waals surface area contributed by atoms with Crippen molar-refractivity contribution in [2.75, 3.05) is 13.6 Å². The van der Waals surface area contributed by atoms with Crippen LogP contribution in [0.25, 0.3) is 6.08 Å². The summed E-state index contributed by atoms with van der Waals surface area (Å²) < 4.78 is 0. The van der Waals surface area contributed by atoms with E-state index in [0.29, 0.717) is 5.56 Å². The zero-order chi connectivity index (χ0) is 9.52. The van der Waals surface area contributed by atoms with Crippen LogP contribution < -0.4 is 5.32 Å². The zero-order valence-corrected chi connectivity index (χ0v) is 7.62. The Kier molecular flexibility index (Phi) is 3.74. The third-order valence-corrected chi connectivity index (χ3v) is 1.67. The lowest BCUT2D eigenvalue weighted by Crippen LogP contribution is -2.03. The summed E-state index contributed by atoms with van der Waals surface area (Å²) in [6.45, 7) is 0.861. The molecule has 1 rings (SSSR count). The Bertz CT molecular complexity index is 317. The molecular weight excluding hydrogens is 160 g/mol. The lowest BCUT2D eigenvalue weighted by atomic mass is 10.1. The minimum Gasteiger partial charge on any atom is -0.316 e. The summed E-state index contributed by atoms with van der Waals surface area (Å²) in [5.41, 5.74) is 1.82. The standard InChI is InChI=1S/C11H12N2/c1-13-8-2-3-10-4-6-11(9-12)7-5-10/h2-7,13H,8H2,1H3/b3-2+. The molecule has 0 saturated heterocycles. The molecule has 13 heavy (non-hydrogen) atoms. The number of likely N-dealkylation sites (N-methyl/N-ethyl adjacent to an activating group) is 1. The quantitative estimate of drug-likeness (QED) is 0.754. The van der Waals surface area contributed by atoms with E-state index >= 15 is 0 Å². The molecule has 66 valence electrons. The Balaban J connectivity index is 2.65. The first-order chi connectivity index (χ1) is 6.36. The second kappa shape index (κ2) is 5.13. The SMILES string of the molecule is CNC/C=C/c1ccc(C#N)cc1. The van der Waals surface area contributed by atoms with Gasteiger partial charge in [-0.15, -0.1) is 0 Å². The molecule has 0 aromatic heterocycles. The summed E-state index contributed by atoms with van der Waals surface area (Å²) in [5, 5.41) is 11.6. The fourth-order valence-electron chi connectivity index (χ4n) is 0.982. The molecule has 0 aliphatic heterocycles. The summed E-state index contributed by atoms with van der Waals surface area (Å²) in [6, 6.07) is 9.59. The van der Waals surface area contributed by atoms with Crippen molar-refractivity contribution in [3.63, 3.8) is 0 Å². The van der Waals surface area contributed by atoms with Crippen LogP contribution in [0.1, 0.15) is 11.1 Å². The van der Waals surface area contributed by atoms with Crippen molar-refractivity contribution in [1.29, 1.82) is 5.26 Å². The molecule has 1 N–H and O–H groups in total. The fraction of sp³-hybridized carbons (Fsp3) is 0.182. The largest absolute Gasteiger partial charge is 0.316 e. The minimum atomic E-state index is 0.700. The molecule has 0 spiro atoms. The Morgan fingerprint density at radius 2 is 2.08 bits per heavy atom. The van der Waals surface area contributed by atoms with Gasteiger partial charge in [-0.25, -0.2) is 0 Å². The van der Waals surface area contributed by atoms with Gasteiger partial charge in [0, 0.05) is 6.54 Å². The number of nitrogens with one attached hydrogen (secondary N) is 1. The molecule has 0 aliphatic rings. The molecule has 0 unspecified atom stereocenters. The first kappa shape index (κ1) is 9.50. The molecule has 0 fully saturated rings. The van der Waals surface area contributed by atoms with E-state index in [-0.39, 0.29) is 0 Å². The molecule has 2 nitrogen and oxygen atoms in total. The summed E-state index contributed by atoms with van der Waals surface area (Å²) in [7, 11) is 1.91. The second-order valence-corrected chi connectivity index (χ2v) is 2.69. The van der Waals surface area contributed by atoms with Crippen molar-refractivity contribution in [3.8, 4) is 6.07 Å².